The predicted octanol–water partition coefficient (Wildman–Crippen LogP) is 0.451. The van der Waals surface area contributed by atoms with Crippen LogP contribution in [0.1, 0.15) is 23.2 Å². The Kier molecular flexibility index (Phi) is 3.72. The van der Waals surface area contributed by atoms with E-state index in [2.05, 4.69) is 17.6 Å². The standard InChI is InChI=1S/C12H13N3O2S/c13-6-8-5-9-7-15(11(16)2-4-18)3-1-10(9)14-12(8)17/h5,18H,1-4,7H2,(H,14,17). The van der Waals surface area contributed by atoms with Crippen LogP contribution in [-0.4, -0.2) is 28.1 Å². The van der Waals surface area contributed by atoms with E-state index in [-0.39, 0.29) is 17.0 Å². The van der Waals surface area contributed by atoms with E-state index in [0.29, 0.717) is 31.7 Å². The first-order chi connectivity index (χ1) is 8.65. The van der Waals surface area contributed by atoms with Crippen molar-refractivity contribution in [1.82, 2.24) is 9.88 Å². The third kappa shape index (κ3) is 2.41. The maximum atomic E-state index is 11.8. The fourth-order valence-electron chi connectivity index (χ4n) is 2.06. The topological polar surface area (TPSA) is 77.0 Å². The van der Waals surface area contributed by atoms with Gasteiger partial charge in [0.05, 0.1) is 0 Å². The van der Waals surface area contributed by atoms with Gasteiger partial charge in [-0.2, -0.15) is 17.9 Å². The third-order valence-corrected chi connectivity index (χ3v) is 3.23. The molecule has 0 spiro atoms. The Balaban J connectivity index is 2.26. The van der Waals surface area contributed by atoms with Crippen molar-refractivity contribution < 1.29 is 4.79 Å². The van der Waals surface area contributed by atoms with Crippen molar-refractivity contribution in [2.24, 2.45) is 0 Å². The van der Waals surface area contributed by atoms with Gasteiger partial charge in [0.25, 0.3) is 5.56 Å². The number of carbonyl (C=O) groups is 1. The molecule has 1 aliphatic rings. The maximum Gasteiger partial charge on any atom is 0.266 e. The largest absolute Gasteiger partial charge is 0.338 e. The van der Waals surface area contributed by atoms with Crippen molar-refractivity contribution in [1.29, 1.82) is 5.26 Å². The zero-order chi connectivity index (χ0) is 13.1. The number of aromatic nitrogens is 1. The van der Waals surface area contributed by atoms with Crippen LogP contribution in [0, 0.1) is 11.3 Å². The van der Waals surface area contributed by atoms with E-state index in [9.17, 15) is 9.59 Å². The molecule has 0 saturated carbocycles. The van der Waals surface area contributed by atoms with E-state index < -0.39 is 0 Å². The van der Waals surface area contributed by atoms with Gasteiger partial charge in [-0.3, -0.25) is 9.59 Å². The first-order valence-corrected chi connectivity index (χ1v) is 6.32. The number of nitriles is 1. The Morgan fingerprint density at radius 1 is 1.61 bits per heavy atom. The summed E-state index contributed by atoms with van der Waals surface area (Å²) in [5.41, 5.74) is 1.42. The lowest BCUT2D eigenvalue weighted by atomic mass is 10.0. The highest BCUT2D eigenvalue weighted by Crippen LogP contribution is 2.17. The third-order valence-electron chi connectivity index (χ3n) is 3.01. The van der Waals surface area contributed by atoms with E-state index in [1.165, 1.54) is 0 Å². The smallest absolute Gasteiger partial charge is 0.266 e. The summed E-state index contributed by atoms with van der Waals surface area (Å²) in [7, 11) is 0. The Bertz CT molecular complexity index is 574. The monoisotopic (exact) mass is 263 g/mol. The van der Waals surface area contributed by atoms with Crippen LogP contribution < -0.4 is 5.56 Å². The lowest BCUT2D eigenvalue weighted by Crippen LogP contribution is -2.37. The molecule has 0 aromatic carbocycles. The SMILES string of the molecule is N#Cc1cc2c([nH]c1=O)CCN(C(=O)CCS)C2. The number of thiol groups is 1. The minimum absolute atomic E-state index is 0.0559. The van der Waals surface area contributed by atoms with Crippen molar-refractivity contribution in [2.45, 2.75) is 19.4 Å². The first kappa shape index (κ1) is 12.7. The summed E-state index contributed by atoms with van der Waals surface area (Å²) in [6, 6.07) is 3.43. The van der Waals surface area contributed by atoms with Crippen LogP contribution in [0.15, 0.2) is 10.9 Å². The number of aromatic amines is 1. The molecule has 1 aromatic rings. The van der Waals surface area contributed by atoms with Gasteiger partial charge in [-0.1, -0.05) is 0 Å². The molecule has 0 aliphatic carbocycles. The summed E-state index contributed by atoms with van der Waals surface area (Å²) in [4.78, 5) is 27.7. The van der Waals surface area contributed by atoms with Crippen LogP contribution >= 0.6 is 12.6 Å². The van der Waals surface area contributed by atoms with Crippen molar-refractivity contribution in [3.63, 3.8) is 0 Å². The number of pyridine rings is 1. The van der Waals surface area contributed by atoms with Gasteiger partial charge in [-0.25, -0.2) is 0 Å². The van der Waals surface area contributed by atoms with Gasteiger partial charge in [0.2, 0.25) is 5.91 Å². The predicted molar refractivity (Wildman–Crippen MR) is 69.4 cm³/mol. The molecule has 0 bridgehead atoms. The molecule has 0 radical (unpaired) electrons. The van der Waals surface area contributed by atoms with E-state index >= 15 is 0 Å². The number of hydrogen-bond donors (Lipinski definition) is 2. The summed E-state index contributed by atoms with van der Waals surface area (Å²) >= 11 is 4.04. The average molecular weight is 263 g/mol. The summed E-state index contributed by atoms with van der Waals surface area (Å²) in [6.45, 7) is 1.05. The van der Waals surface area contributed by atoms with Crippen LogP contribution in [0.2, 0.25) is 0 Å². The van der Waals surface area contributed by atoms with Crippen molar-refractivity contribution in [3.8, 4) is 6.07 Å². The van der Waals surface area contributed by atoms with Gasteiger partial charge in [-0.15, -0.1) is 0 Å². The van der Waals surface area contributed by atoms with E-state index in [4.69, 9.17) is 5.26 Å². The Labute approximate surface area is 110 Å². The number of amides is 1. The number of fused-ring (bicyclic) bond motifs is 1. The fourth-order valence-corrected chi connectivity index (χ4v) is 2.25. The molecule has 0 fully saturated rings. The molecule has 18 heavy (non-hydrogen) atoms. The number of H-pyrrole nitrogens is 1. The number of nitrogens with zero attached hydrogens (tertiary/aromatic N) is 2. The first-order valence-electron chi connectivity index (χ1n) is 5.69. The molecule has 1 aromatic heterocycles. The number of rotatable bonds is 2. The fraction of sp³-hybridized carbons (Fsp3) is 0.417. The van der Waals surface area contributed by atoms with Crippen molar-refractivity contribution in [3.05, 3.63) is 33.2 Å². The van der Waals surface area contributed by atoms with Gasteiger partial charge < -0.3 is 9.88 Å². The molecule has 0 unspecified atom stereocenters. The normalized spacial score (nSPS) is 13.9. The molecule has 1 aliphatic heterocycles. The summed E-state index contributed by atoms with van der Waals surface area (Å²) in [5, 5.41) is 8.82. The molecule has 0 saturated heterocycles. The number of hydrogen-bond acceptors (Lipinski definition) is 4. The van der Waals surface area contributed by atoms with Crippen molar-refractivity contribution in [2.75, 3.05) is 12.3 Å². The summed E-state index contributed by atoms with van der Waals surface area (Å²) in [6.07, 6.45) is 1.03. The van der Waals surface area contributed by atoms with E-state index in [1.807, 2.05) is 6.07 Å². The molecule has 1 N–H and O–H groups in total. The molecule has 94 valence electrons. The Hall–Kier alpha value is -1.74. The summed E-state index contributed by atoms with van der Waals surface area (Å²) < 4.78 is 0. The number of nitrogens with one attached hydrogen (secondary N) is 1. The molecule has 2 rings (SSSR count). The lowest BCUT2D eigenvalue weighted by molar-refractivity contribution is -0.131. The second-order valence-corrected chi connectivity index (χ2v) is 4.61. The van der Waals surface area contributed by atoms with E-state index in [1.54, 1.807) is 11.0 Å². The van der Waals surface area contributed by atoms with Crippen LogP contribution in [0.3, 0.4) is 0 Å². The van der Waals surface area contributed by atoms with Gasteiger partial charge in [0, 0.05) is 31.6 Å². The highest BCUT2D eigenvalue weighted by atomic mass is 32.1. The van der Waals surface area contributed by atoms with Gasteiger partial charge in [0.15, 0.2) is 0 Å². The molecule has 5 nitrogen and oxygen atoms in total. The minimum Gasteiger partial charge on any atom is -0.338 e. The quantitative estimate of drug-likeness (QED) is 0.761. The number of carbonyl (C=O) groups excluding carboxylic acids is 1. The molecular formula is C12H13N3O2S. The van der Waals surface area contributed by atoms with Crippen LogP contribution in [0.5, 0.6) is 0 Å². The van der Waals surface area contributed by atoms with Gasteiger partial charge >= 0.3 is 0 Å². The Morgan fingerprint density at radius 2 is 2.39 bits per heavy atom. The van der Waals surface area contributed by atoms with E-state index in [0.717, 1.165) is 11.3 Å². The molecule has 2 heterocycles. The summed E-state index contributed by atoms with van der Waals surface area (Å²) in [5.74, 6) is 0.581. The second-order valence-electron chi connectivity index (χ2n) is 4.17. The zero-order valence-corrected chi connectivity index (χ0v) is 10.7. The maximum absolute atomic E-state index is 11.8. The molecule has 1 amide bonds. The lowest BCUT2D eigenvalue weighted by Gasteiger charge is -2.28. The zero-order valence-electron chi connectivity index (χ0n) is 9.77. The minimum atomic E-state index is -0.355. The van der Waals surface area contributed by atoms with Crippen LogP contribution in [-0.2, 0) is 17.8 Å². The van der Waals surface area contributed by atoms with Gasteiger partial charge in [-0.05, 0) is 17.4 Å². The molecule has 6 heteroatoms. The molecular weight excluding hydrogens is 250 g/mol. The van der Waals surface area contributed by atoms with Crippen molar-refractivity contribution >= 4 is 18.5 Å². The van der Waals surface area contributed by atoms with Crippen LogP contribution in [0.4, 0.5) is 0 Å². The molecule has 0 atom stereocenters. The Morgan fingerprint density at radius 3 is 3.06 bits per heavy atom. The highest BCUT2D eigenvalue weighted by Gasteiger charge is 2.21. The highest BCUT2D eigenvalue weighted by molar-refractivity contribution is 7.80. The van der Waals surface area contributed by atoms with Gasteiger partial charge in [0.1, 0.15) is 11.6 Å². The second kappa shape index (κ2) is 5.27. The van der Waals surface area contributed by atoms with Crippen LogP contribution in [0.25, 0.3) is 0 Å². The average Bonchev–Trinajstić information content (AvgIpc) is 2.37.